The van der Waals surface area contributed by atoms with Crippen molar-refractivity contribution in [2.75, 3.05) is 18.0 Å². The van der Waals surface area contributed by atoms with Gasteiger partial charge in [0.2, 0.25) is 0 Å². The van der Waals surface area contributed by atoms with Crippen molar-refractivity contribution in [1.82, 2.24) is 4.98 Å². The monoisotopic (exact) mass is 322 g/mol. The molecule has 1 aromatic heterocycles. The Balaban J connectivity index is 2.17. The molecule has 0 spiro atoms. The lowest BCUT2D eigenvalue weighted by Gasteiger charge is -2.21. The van der Waals surface area contributed by atoms with Gasteiger partial charge in [0.15, 0.2) is 5.13 Å². The van der Waals surface area contributed by atoms with Gasteiger partial charge in [-0.1, -0.05) is 56.5 Å². The number of nitrogens with zero attached hydrogens (tertiary/aromatic N) is 2. The zero-order valence-corrected chi connectivity index (χ0v) is 14.4. The second kappa shape index (κ2) is 8.40. The smallest absolute Gasteiger partial charge is 0.185 e. The van der Waals surface area contributed by atoms with Crippen LogP contribution < -0.4 is 4.90 Å². The molecule has 4 heteroatoms. The van der Waals surface area contributed by atoms with E-state index in [4.69, 9.17) is 16.6 Å². The lowest BCUT2D eigenvalue weighted by atomic mass is 10.2. The van der Waals surface area contributed by atoms with E-state index in [0.717, 1.165) is 34.5 Å². The Morgan fingerprint density at radius 1 is 1.10 bits per heavy atom. The number of hydrogen-bond acceptors (Lipinski definition) is 3. The molecule has 0 aliphatic heterocycles. The molecule has 1 heterocycles. The first-order valence-electron chi connectivity index (χ1n) is 7.71. The fourth-order valence-corrected chi connectivity index (χ4v) is 3.32. The molecule has 0 aliphatic carbocycles. The van der Waals surface area contributed by atoms with Crippen LogP contribution in [0.25, 0.3) is 11.3 Å². The van der Waals surface area contributed by atoms with Gasteiger partial charge in [-0.3, -0.25) is 0 Å². The third-order valence-electron chi connectivity index (χ3n) is 3.48. The van der Waals surface area contributed by atoms with Gasteiger partial charge in [0.1, 0.15) is 0 Å². The average Bonchev–Trinajstić information content (AvgIpc) is 2.97. The molecular weight excluding hydrogens is 300 g/mol. The molecule has 0 saturated heterocycles. The fraction of sp³-hybridized carbons (Fsp3) is 0.471. The normalized spacial score (nSPS) is 10.8. The predicted octanol–water partition coefficient (Wildman–Crippen LogP) is 5.87. The minimum atomic E-state index is 0.767. The number of hydrogen-bond donors (Lipinski definition) is 0. The molecule has 1 aromatic carbocycles. The summed E-state index contributed by atoms with van der Waals surface area (Å²) in [5.41, 5.74) is 2.01. The van der Waals surface area contributed by atoms with Gasteiger partial charge in [0.05, 0.1) is 5.69 Å². The molecule has 0 amide bonds. The van der Waals surface area contributed by atoms with Gasteiger partial charge in [-0.05, 0) is 18.9 Å². The number of unbranched alkanes of at least 4 members (excludes halogenated alkanes) is 2. The van der Waals surface area contributed by atoms with E-state index in [9.17, 15) is 0 Å². The van der Waals surface area contributed by atoms with Gasteiger partial charge in [0.25, 0.3) is 0 Å². The van der Waals surface area contributed by atoms with Crippen LogP contribution in [0.3, 0.4) is 0 Å². The first-order valence-corrected chi connectivity index (χ1v) is 8.97. The fourth-order valence-electron chi connectivity index (χ4n) is 2.20. The Morgan fingerprint density at radius 3 is 2.38 bits per heavy atom. The highest BCUT2D eigenvalue weighted by Gasteiger charge is 2.12. The molecule has 114 valence electrons. The zero-order chi connectivity index (χ0) is 15.1. The summed E-state index contributed by atoms with van der Waals surface area (Å²) in [7, 11) is 0. The first kappa shape index (κ1) is 16.3. The number of anilines is 1. The van der Waals surface area contributed by atoms with Crippen molar-refractivity contribution in [2.45, 2.75) is 39.5 Å². The van der Waals surface area contributed by atoms with E-state index in [1.165, 1.54) is 25.7 Å². The van der Waals surface area contributed by atoms with Crippen LogP contribution in [0, 0.1) is 0 Å². The maximum absolute atomic E-state index is 6.27. The highest BCUT2D eigenvalue weighted by molar-refractivity contribution is 7.14. The van der Waals surface area contributed by atoms with E-state index in [1.807, 2.05) is 24.3 Å². The van der Waals surface area contributed by atoms with Crippen LogP contribution in [0.2, 0.25) is 5.02 Å². The Kier molecular flexibility index (Phi) is 6.52. The van der Waals surface area contributed by atoms with E-state index in [0.29, 0.717) is 0 Å². The van der Waals surface area contributed by atoms with Crippen molar-refractivity contribution >= 4 is 28.1 Å². The Bertz CT molecular complexity index is 545. The summed E-state index contributed by atoms with van der Waals surface area (Å²) in [6.07, 6.45) is 4.85. The Hall–Kier alpha value is -1.06. The van der Waals surface area contributed by atoms with E-state index in [1.54, 1.807) is 11.3 Å². The molecule has 0 saturated carbocycles. The van der Waals surface area contributed by atoms with Gasteiger partial charge < -0.3 is 4.90 Å². The van der Waals surface area contributed by atoms with E-state index in [-0.39, 0.29) is 0 Å². The predicted molar refractivity (Wildman–Crippen MR) is 94.6 cm³/mol. The van der Waals surface area contributed by atoms with Crippen molar-refractivity contribution in [1.29, 1.82) is 0 Å². The summed E-state index contributed by atoms with van der Waals surface area (Å²) in [5.74, 6) is 0. The molecule has 2 aromatic rings. The maximum atomic E-state index is 6.27. The molecule has 2 nitrogen and oxygen atoms in total. The van der Waals surface area contributed by atoms with Crippen molar-refractivity contribution < 1.29 is 0 Å². The van der Waals surface area contributed by atoms with Gasteiger partial charge in [0, 0.05) is 29.1 Å². The van der Waals surface area contributed by atoms with Crippen LogP contribution in [0.1, 0.15) is 39.5 Å². The van der Waals surface area contributed by atoms with E-state index < -0.39 is 0 Å². The number of rotatable bonds is 8. The largest absolute Gasteiger partial charge is 0.348 e. The molecule has 0 fully saturated rings. The minimum Gasteiger partial charge on any atom is -0.348 e. The molecule has 21 heavy (non-hydrogen) atoms. The van der Waals surface area contributed by atoms with Crippen LogP contribution in [0.5, 0.6) is 0 Å². The zero-order valence-electron chi connectivity index (χ0n) is 12.8. The number of benzene rings is 1. The van der Waals surface area contributed by atoms with Crippen LogP contribution in [0.15, 0.2) is 29.6 Å². The summed E-state index contributed by atoms with van der Waals surface area (Å²) in [6.45, 7) is 6.64. The third-order valence-corrected chi connectivity index (χ3v) is 4.71. The number of thiazole rings is 1. The Labute approximate surface area is 136 Å². The summed E-state index contributed by atoms with van der Waals surface area (Å²) >= 11 is 7.98. The van der Waals surface area contributed by atoms with Crippen LogP contribution in [0.4, 0.5) is 5.13 Å². The maximum Gasteiger partial charge on any atom is 0.185 e. The molecule has 0 radical (unpaired) electrons. The lowest BCUT2D eigenvalue weighted by Crippen LogP contribution is -2.25. The molecule has 0 N–H and O–H groups in total. The molecule has 2 rings (SSSR count). The Morgan fingerprint density at radius 2 is 1.76 bits per heavy atom. The minimum absolute atomic E-state index is 0.767. The van der Waals surface area contributed by atoms with Crippen LogP contribution in [-0.2, 0) is 0 Å². The number of aromatic nitrogens is 1. The topological polar surface area (TPSA) is 16.1 Å². The SMILES string of the molecule is CCCCN(CCCC)c1nc(-c2ccccc2Cl)cs1. The van der Waals surface area contributed by atoms with Gasteiger partial charge in [-0.15, -0.1) is 11.3 Å². The molecular formula is C17H23ClN2S. The first-order chi connectivity index (χ1) is 10.3. The van der Waals surface area contributed by atoms with Crippen molar-refractivity contribution in [2.24, 2.45) is 0 Å². The van der Waals surface area contributed by atoms with Gasteiger partial charge in [-0.2, -0.15) is 0 Å². The number of halogens is 1. The second-order valence-electron chi connectivity index (χ2n) is 5.19. The standard InChI is InChI=1S/C17H23ClN2S/c1-3-5-11-20(12-6-4-2)17-19-16(13-21-17)14-9-7-8-10-15(14)18/h7-10,13H,3-6,11-12H2,1-2H3. The summed E-state index contributed by atoms with van der Waals surface area (Å²) in [6, 6.07) is 7.91. The molecule has 0 aliphatic rings. The second-order valence-corrected chi connectivity index (χ2v) is 6.43. The molecule has 0 bridgehead atoms. The average molecular weight is 323 g/mol. The molecule has 0 atom stereocenters. The lowest BCUT2D eigenvalue weighted by molar-refractivity contribution is 0.676. The van der Waals surface area contributed by atoms with E-state index >= 15 is 0 Å². The quantitative estimate of drug-likeness (QED) is 0.604. The summed E-state index contributed by atoms with van der Waals surface area (Å²) < 4.78 is 0. The highest BCUT2D eigenvalue weighted by Crippen LogP contribution is 2.31. The van der Waals surface area contributed by atoms with Crippen molar-refractivity contribution in [3.8, 4) is 11.3 Å². The van der Waals surface area contributed by atoms with Gasteiger partial charge >= 0.3 is 0 Å². The van der Waals surface area contributed by atoms with Crippen LogP contribution >= 0.6 is 22.9 Å². The summed E-state index contributed by atoms with van der Waals surface area (Å²) in [5, 5.41) is 4.00. The molecule has 0 unspecified atom stereocenters. The third kappa shape index (κ3) is 4.45. The van der Waals surface area contributed by atoms with E-state index in [2.05, 4.69) is 24.1 Å². The highest BCUT2D eigenvalue weighted by atomic mass is 35.5. The van der Waals surface area contributed by atoms with Crippen LogP contribution in [-0.4, -0.2) is 18.1 Å². The van der Waals surface area contributed by atoms with Gasteiger partial charge in [-0.25, -0.2) is 4.98 Å². The summed E-state index contributed by atoms with van der Waals surface area (Å²) in [4.78, 5) is 7.22. The van der Waals surface area contributed by atoms with Crippen molar-refractivity contribution in [3.05, 3.63) is 34.7 Å². The van der Waals surface area contributed by atoms with Crippen molar-refractivity contribution in [3.63, 3.8) is 0 Å².